The summed E-state index contributed by atoms with van der Waals surface area (Å²) in [5, 5.41) is 0. The van der Waals surface area contributed by atoms with Gasteiger partial charge in [-0.25, -0.2) is 4.98 Å². The fraction of sp³-hybridized carbons (Fsp3) is 0.0909. The second-order valence-corrected chi connectivity index (χ2v) is 5.10. The first kappa shape index (κ1) is 14.3. The van der Waals surface area contributed by atoms with Crippen molar-refractivity contribution >= 4 is 10.1 Å². The van der Waals surface area contributed by atoms with Crippen LogP contribution in [0.2, 0.25) is 0 Å². The third-order valence-electron chi connectivity index (χ3n) is 2.13. The standard InChI is InChI=1S/C11H7F3N2O3S/c12-11(13,14)20(17,18)19-10-6-3-5-9(16-10)8-4-1-2-7-15-8/h1-7H. The summed E-state index contributed by atoms with van der Waals surface area (Å²) in [5.74, 6) is -0.675. The molecule has 0 aliphatic heterocycles. The molecular formula is C11H7F3N2O3S. The number of halogens is 3. The molecule has 2 rings (SSSR count). The molecule has 0 bridgehead atoms. The van der Waals surface area contributed by atoms with Crippen LogP contribution in [-0.2, 0) is 10.1 Å². The van der Waals surface area contributed by atoms with Gasteiger partial charge in [-0.3, -0.25) is 4.98 Å². The fourth-order valence-electron chi connectivity index (χ4n) is 1.28. The van der Waals surface area contributed by atoms with Crippen LogP contribution in [0.25, 0.3) is 11.4 Å². The highest BCUT2D eigenvalue weighted by atomic mass is 32.2. The molecule has 0 aliphatic carbocycles. The molecule has 0 unspecified atom stereocenters. The summed E-state index contributed by atoms with van der Waals surface area (Å²) in [6.45, 7) is 0. The van der Waals surface area contributed by atoms with E-state index in [1.54, 1.807) is 18.2 Å². The lowest BCUT2D eigenvalue weighted by Crippen LogP contribution is -2.28. The maximum absolute atomic E-state index is 12.2. The Morgan fingerprint density at radius 2 is 1.70 bits per heavy atom. The molecule has 0 N–H and O–H groups in total. The lowest BCUT2D eigenvalue weighted by molar-refractivity contribution is -0.0501. The molecule has 0 aromatic carbocycles. The molecule has 0 radical (unpaired) electrons. The van der Waals surface area contributed by atoms with E-state index < -0.39 is 21.5 Å². The predicted molar refractivity (Wildman–Crippen MR) is 63.1 cm³/mol. The zero-order valence-electron chi connectivity index (χ0n) is 9.70. The zero-order chi connectivity index (χ0) is 14.8. The van der Waals surface area contributed by atoms with Gasteiger partial charge in [-0.2, -0.15) is 21.6 Å². The van der Waals surface area contributed by atoms with Crippen molar-refractivity contribution in [3.8, 4) is 17.3 Å². The second-order valence-electron chi connectivity index (χ2n) is 3.56. The Morgan fingerprint density at radius 3 is 2.30 bits per heavy atom. The molecule has 2 heterocycles. The quantitative estimate of drug-likeness (QED) is 0.643. The van der Waals surface area contributed by atoms with Crippen molar-refractivity contribution in [2.45, 2.75) is 5.51 Å². The van der Waals surface area contributed by atoms with E-state index in [2.05, 4.69) is 14.2 Å². The highest BCUT2D eigenvalue weighted by molar-refractivity contribution is 7.87. The van der Waals surface area contributed by atoms with Crippen molar-refractivity contribution in [1.29, 1.82) is 0 Å². The molecule has 0 fully saturated rings. The lowest BCUT2D eigenvalue weighted by atomic mass is 10.2. The first-order valence-electron chi connectivity index (χ1n) is 5.19. The van der Waals surface area contributed by atoms with Gasteiger partial charge in [-0.1, -0.05) is 12.1 Å². The Kier molecular flexibility index (Phi) is 3.62. The van der Waals surface area contributed by atoms with Gasteiger partial charge in [-0.05, 0) is 18.2 Å². The van der Waals surface area contributed by atoms with E-state index >= 15 is 0 Å². The summed E-state index contributed by atoms with van der Waals surface area (Å²) in [4.78, 5) is 7.62. The topological polar surface area (TPSA) is 69.2 Å². The van der Waals surface area contributed by atoms with Gasteiger partial charge < -0.3 is 4.18 Å². The van der Waals surface area contributed by atoms with Crippen molar-refractivity contribution in [3.05, 3.63) is 42.6 Å². The molecule has 0 spiro atoms. The largest absolute Gasteiger partial charge is 0.534 e. The maximum Gasteiger partial charge on any atom is 0.534 e. The van der Waals surface area contributed by atoms with Crippen LogP contribution in [0.4, 0.5) is 13.2 Å². The van der Waals surface area contributed by atoms with Crippen LogP contribution in [0.3, 0.4) is 0 Å². The van der Waals surface area contributed by atoms with Gasteiger partial charge in [0.25, 0.3) is 0 Å². The molecule has 2 aromatic rings. The minimum atomic E-state index is -5.73. The SMILES string of the molecule is O=S(=O)(Oc1cccc(-c2ccccn2)n1)C(F)(F)F. The molecule has 0 saturated heterocycles. The highest BCUT2D eigenvalue weighted by Gasteiger charge is 2.48. The number of hydrogen-bond acceptors (Lipinski definition) is 5. The average Bonchev–Trinajstić information content (AvgIpc) is 2.38. The summed E-state index contributed by atoms with van der Waals surface area (Å²) in [5.41, 5.74) is -4.93. The summed E-state index contributed by atoms with van der Waals surface area (Å²) in [6, 6.07) is 8.68. The monoisotopic (exact) mass is 304 g/mol. The van der Waals surface area contributed by atoms with Gasteiger partial charge >= 0.3 is 15.6 Å². The van der Waals surface area contributed by atoms with E-state index in [1.165, 1.54) is 18.3 Å². The Bertz CT molecular complexity index is 702. The fourth-order valence-corrected chi connectivity index (χ4v) is 1.69. The number of rotatable bonds is 3. The lowest BCUT2D eigenvalue weighted by Gasteiger charge is -2.09. The van der Waals surface area contributed by atoms with Gasteiger partial charge in [0.1, 0.15) is 0 Å². The molecule has 0 aliphatic rings. The van der Waals surface area contributed by atoms with Gasteiger partial charge in [0.05, 0.1) is 11.4 Å². The number of alkyl halides is 3. The van der Waals surface area contributed by atoms with Crippen LogP contribution in [0.1, 0.15) is 0 Å². The number of hydrogen-bond donors (Lipinski definition) is 0. The smallest absolute Gasteiger partial charge is 0.355 e. The molecule has 9 heteroatoms. The molecule has 106 valence electrons. The van der Waals surface area contributed by atoms with E-state index in [4.69, 9.17) is 0 Å². The molecule has 0 saturated carbocycles. The first-order chi connectivity index (χ1) is 9.29. The first-order valence-corrected chi connectivity index (χ1v) is 6.60. The van der Waals surface area contributed by atoms with Crippen LogP contribution >= 0.6 is 0 Å². The molecule has 5 nitrogen and oxygen atoms in total. The van der Waals surface area contributed by atoms with E-state index in [1.807, 2.05) is 0 Å². The van der Waals surface area contributed by atoms with Gasteiger partial charge in [-0.15, -0.1) is 0 Å². The van der Waals surface area contributed by atoms with Crippen molar-refractivity contribution in [3.63, 3.8) is 0 Å². The highest BCUT2D eigenvalue weighted by Crippen LogP contribution is 2.27. The van der Waals surface area contributed by atoms with Crippen molar-refractivity contribution < 1.29 is 25.8 Å². The van der Waals surface area contributed by atoms with Crippen molar-refractivity contribution in [1.82, 2.24) is 9.97 Å². The third-order valence-corrected chi connectivity index (χ3v) is 3.09. The third kappa shape index (κ3) is 3.05. The minimum Gasteiger partial charge on any atom is -0.355 e. The van der Waals surface area contributed by atoms with E-state index in [0.717, 1.165) is 6.07 Å². The van der Waals surface area contributed by atoms with Crippen molar-refractivity contribution in [2.75, 3.05) is 0 Å². The van der Waals surface area contributed by atoms with Crippen LogP contribution < -0.4 is 4.18 Å². The Labute approximate surface area is 112 Å². The number of aromatic nitrogens is 2. The summed E-state index contributed by atoms with van der Waals surface area (Å²) >= 11 is 0. The van der Waals surface area contributed by atoms with Crippen LogP contribution in [0, 0.1) is 0 Å². The number of nitrogens with zero attached hydrogens (tertiary/aromatic N) is 2. The summed E-state index contributed by atoms with van der Waals surface area (Å²) in [6.07, 6.45) is 1.47. The van der Waals surface area contributed by atoms with E-state index in [9.17, 15) is 21.6 Å². The Hall–Kier alpha value is -2.16. The van der Waals surface area contributed by atoms with E-state index in [-0.39, 0.29) is 5.69 Å². The zero-order valence-corrected chi connectivity index (χ0v) is 10.5. The minimum absolute atomic E-state index is 0.195. The molecule has 2 aromatic heterocycles. The van der Waals surface area contributed by atoms with Gasteiger partial charge in [0.15, 0.2) is 0 Å². The Morgan fingerprint density at radius 1 is 1.00 bits per heavy atom. The molecule has 20 heavy (non-hydrogen) atoms. The van der Waals surface area contributed by atoms with Crippen LogP contribution in [0.5, 0.6) is 5.88 Å². The maximum atomic E-state index is 12.2. The van der Waals surface area contributed by atoms with Crippen molar-refractivity contribution in [2.24, 2.45) is 0 Å². The average molecular weight is 304 g/mol. The molecular weight excluding hydrogens is 297 g/mol. The Balaban J connectivity index is 2.33. The van der Waals surface area contributed by atoms with Gasteiger partial charge in [0, 0.05) is 12.3 Å². The second kappa shape index (κ2) is 5.08. The number of pyridine rings is 2. The van der Waals surface area contributed by atoms with E-state index in [0.29, 0.717) is 5.69 Å². The van der Waals surface area contributed by atoms with Crippen LogP contribution in [0.15, 0.2) is 42.6 Å². The van der Waals surface area contributed by atoms with Crippen LogP contribution in [-0.4, -0.2) is 23.9 Å². The predicted octanol–water partition coefficient (Wildman–Crippen LogP) is 2.37. The molecule has 0 amide bonds. The summed E-state index contributed by atoms with van der Waals surface area (Å²) in [7, 11) is -5.73. The summed E-state index contributed by atoms with van der Waals surface area (Å²) < 4.78 is 62.2. The molecule has 0 atom stereocenters. The van der Waals surface area contributed by atoms with Gasteiger partial charge in [0.2, 0.25) is 5.88 Å². The normalized spacial score (nSPS) is 12.2.